The van der Waals surface area contributed by atoms with E-state index in [2.05, 4.69) is 4.98 Å². The van der Waals surface area contributed by atoms with Crippen LogP contribution in [0.15, 0.2) is 48.8 Å². The molecule has 3 nitrogen and oxygen atoms in total. The lowest BCUT2D eigenvalue weighted by molar-refractivity contribution is -0.254. The molecule has 0 radical (unpaired) electrons. The summed E-state index contributed by atoms with van der Waals surface area (Å²) in [5.41, 5.74) is 1.59. The fourth-order valence-electron chi connectivity index (χ4n) is 1.43. The van der Waals surface area contributed by atoms with E-state index >= 15 is 0 Å². The van der Waals surface area contributed by atoms with E-state index in [1.54, 1.807) is 36.7 Å². The number of carbonyl (C=O) groups is 1. The fraction of sp³-hybridized carbons (Fsp3) is 0. The van der Waals surface area contributed by atoms with Crippen LogP contribution in [-0.4, -0.2) is 11.0 Å². The van der Waals surface area contributed by atoms with Crippen LogP contribution in [0.3, 0.4) is 0 Å². The largest absolute Gasteiger partial charge is 0.545 e. The molecule has 15 heavy (non-hydrogen) atoms. The zero-order valence-electron chi connectivity index (χ0n) is 7.88. The van der Waals surface area contributed by atoms with Gasteiger partial charge in [-0.2, -0.15) is 0 Å². The van der Waals surface area contributed by atoms with Crippen LogP contribution in [0.25, 0.3) is 11.1 Å². The zero-order valence-corrected chi connectivity index (χ0v) is 7.88. The Bertz CT molecular complexity index is 480. The van der Waals surface area contributed by atoms with Gasteiger partial charge in [0, 0.05) is 23.5 Å². The molecule has 0 amide bonds. The van der Waals surface area contributed by atoms with Gasteiger partial charge >= 0.3 is 0 Å². The van der Waals surface area contributed by atoms with E-state index in [1.165, 1.54) is 6.07 Å². The SMILES string of the molecule is O=C([O-])c1ccccc1-c1cccnc1. The number of benzene rings is 1. The Labute approximate surface area is 87.0 Å². The van der Waals surface area contributed by atoms with Crippen LogP contribution in [0.4, 0.5) is 0 Å². The van der Waals surface area contributed by atoms with E-state index in [0.29, 0.717) is 5.56 Å². The van der Waals surface area contributed by atoms with Crippen molar-refractivity contribution in [1.82, 2.24) is 4.98 Å². The van der Waals surface area contributed by atoms with Crippen LogP contribution in [0.2, 0.25) is 0 Å². The fourth-order valence-corrected chi connectivity index (χ4v) is 1.43. The molecule has 0 aliphatic rings. The Kier molecular flexibility index (Phi) is 2.46. The van der Waals surface area contributed by atoms with E-state index in [1.807, 2.05) is 6.07 Å². The van der Waals surface area contributed by atoms with Gasteiger partial charge in [0.1, 0.15) is 0 Å². The van der Waals surface area contributed by atoms with Crippen molar-refractivity contribution in [3.05, 3.63) is 54.4 Å². The van der Waals surface area contributed by atoms with Gasteiger partial charge in [-0.05, 0) is 11.6 Å². The molecule has 0 fully saturated rings. The van der Waals surface area contributed by atoms with E-state index in [9.17, 15) is 9.90 Å². The summed E-state index contributed by atoms with van der Waals surface area (Å²) < 4.78 is 0. The van der Waals surface area contributed by atoms with Gasteiger partial charge in [0.25, 0.3) is 0 Å². The summed E-state index contributed by atoms with van der Waals surface area (Å²) in [5.74, 6) is -1.17. The summed E-state index contributed by atoms with van der Waals surface area (Å²) >= 11 is 0. The molecule has 1 heterocycles. The molecule has 0 atom stereocenters. The Morgan fingerprint density at radius 1 is 1.13 bits per heavy atom. The lowest BCUT2D eigenvalue weighted by Crippen LogP contribution is -2.22. The summed E-state index contributed by atoms with van der Waals surface area (Å²) in [4.78, 5) is 14.8. The molecule has 0 saturated heterocycles. The van der Waals surface area contributed by atoms with E-state index in [-0.39, 0.29) is 5.56 Å². The molecule has 2 rings (SSSR count). The van der Waals surface area contributed by atoms with Gasteiger partial charge in [0.05, 0.1) is 5.97 Å². The molecule has 2 aromatic rings. The number of pyridine rings is 1. The van der Waals surface area contributed by atoms with Gasteiger partial charge in [0.15, 0.2) is 0 Å². The highest BCUT2D eigenvalue weighted by Crippen LogP contribution is 2.21. The number of hydrogen-bond acceptors (Lipinski definition) is 3. The first kappa shape index (κ1) is 9.40. The minimum Gasteiger partial charge on any atom is -0.545 e. The maximum Gasteiger partial charge on any atom is 0.0721 e. The second kappa shape index (κ2) is 3.92. The highest BCUT2D eigenvalue weighted by molar-refractivity contribution is 5.94. The van der Waals surface area contributed by atoms with E-state index in [4.69, 9.17) is 0 Å². The van der Waals surface area contributed by atoms with Gasteiger partial charge in [0.2, 0.25) is 0 Å². The van der Waals surface area contributed by atoms with Gasteiger partial charge in [-0.25, -0.2) is 0 Å². The summed E-state index contributed by atoms with van der Waals surface area (Å²) in [5, 5.41) is 10.9. The molecule has 74 valence electrons. The molecular formula is C12H8NO2-. The lowest BCUT2D eigenvalue weighted by Gasteiger charge is -2.09. The first-order valence-corrected chi connectivity index (χ1v) is 4.50. The molecule has 0 N–H and O–H groups in total. The number of nitrogens with zero attached hydrogens (tertiary/aromatic N) is 1. The number of carbonyl (C=O) groups excluding carboxylic acids is 1. The standard InChI is InChI=1S/C12H9NO2/c14-12(15)11-6-2-1-5-10(11)9-4-3-7-13-8-9/h1-8H,(H,14,15)/p-1. The average Bonchev–Trinajstić information content (AvgIpc) is 2.30. The minimum atomic E-state index is -1.17. The molecule has 1 aromatic carbocycles. The normalized spacial score (nSPS) is 9.87. The molecular weight excluding hydrogens is 190 g/mol. The predicted octanol–water partition coefficient (Wildman–Crippen LogP) is 1.11. The van der Waals surface area contributed by atoms with Crippen molar-refractivity contribution in [3.8, 4) is 11.1 Å². The van der Waals surface area contributed by atoms with Gasteiger partial charge < -0.3 is 9.90 Å². The van der Waals surface area contributed by atoms with Crippen LogP contribution in [-0.2, 0) is 0 Å². The third-order valence-electron chi connectivity index (χ3n) is 2.12. The smallest absolute Gasteiger partial charge is 0.0721 e. The summed E-state index contributed by atoms with van der Waals surface area (Å²) in [6.45, 7) is 0. The quantitative estimate of drug-likeness (QED) is 0.726. The van der Waals surface area contributed by atoms with Crippen molar-refractivity contribution in [2.24, 2.45) is 0 Å². The first-order chi connectivity index (χ1) is 7.29. The number of aromatic nitrogens is 1. The van der Waals surface area contributed by atoms with Gasteiger partial charge in [-0.3, -0.25) is 4.98 Å². The van der Waals surface area contributed by atoms with E-state index in [0.717, 1.165) is 5.56 Å². The summed E-state index contributed by atoms with van der Waals surface area (Å²) in [6.07, 6.45) is 3.27. The number of carboxylic acids is 1. The zero-order chi connectivity index (χ0) is 10.7. The van der Waals surface area contributed by atoms with E-state index < -0.39 is 5.97 Å². The van der Waals surface area contributed by atoms with Crippen LogP contribution in [0.1, 0.15) is 10.4 Å². The Morgan fingerprint density at radius 2 is 1.93 bits per heavy atom. The van der Waals surface area contributed by atoms with Gasteiger partial charge in [-0.1, -0.05) is 30.3 Å². The second-order valence-corrected chi connectivity index (χ2v) is 3.07. The van der Waals surface area contributed by atoms with Crippen LogP contribution >= 0.6 is 0 Å². The average molecular weight is 198 g/mol. The Morgan fingerprint density at radius 3 is 2.60 bits per heavy atom. The summed E-state index contributed by atoms with van der Waals surface area (Å²) in [6, 6.07) is 10.3. The highest BCUT2D eigenvalue weighted by Gasteiger charge is 2.04. The third kappa shape index (κ3) is 1.86. The molecule has 3 heteroatoms. The Balaban J connectivity index is 2.58. The molecule has 0 aliphatic carbocycles. The maximum atomic E-state index is 10.9. The monoisotopic (exact) mass is 198 g/mol. The lowest BCUT2D eigenvalue weighted by atomic mass is 10.0. The van der Waals surface area contributed by atoms with Crippen LogP contribution in [0, 0.1) is 0 Å². The van der Waals surface area contributed by atoms with Crippen molar-refractivity contribution < 1.29 is 9.90 Å². The molecule has 0 unspecified atom stereocenters. The summed E-state index contributed by atoms with van der Waals surface area (Å²) in [7, 11) is 0. The van der Waals surface area contributed by atoms with Crippen molar-refractivity contribution in [1.29, 1.82) is 0 Å². The van der Waals surface area contributed by atoms with Crippen LogP contribution < -0.4 is 5.11 Å². The van der Waals surface area contributed by atoms with Crippen molar-refractivity contribution >= 4 is 5.97 Å². The number of rotatable bonds is 2. The van der Waals surface area contributed by atoms with Crippen LogP contribution in [0.5, 0.6) is 0 Å². The molecule has 0 saturated carbocycles. The molecule has 0 spiro atoms. The Hall–Kier alpha value is -2.16. The topological polar surface area (TPSA) is 53.0 Å². The molecule has 0 aliphatic heterocycles. The second-order valence-electron chi connectivity index (χ2n) is 3.07. The van der Waals surface area contributed by atoms with Crippen molar-refractivity contribution in [3.63, 3.8) is 0 Å². The third-order valence-corrected chi connectivity index (χ3v) is 2.12. The first-order valence-electron chi connectivity index (χ1n) is 4.50. The molecule has 0 bridgehead atoms. The number of carboxylic acid groups (broad SMARTS) is 1. The van der Waals surface area contributed by atoms with Crippen molar-refractivity contribution in [2.45, 2.75) is 0 Å². The predicted molar refractivity (Wildman–Crippen MR) is 54.0 cm³/mol. The van der Waals surface area contributed by atoms with Gasteiger partial charge in [-0.15, -0.1) is 0 Å². The number of hydrogen-bond donors (Lipinski definition) is 0. The maximum absolute atomic E-state index is 10.9. The highest BCUT2D eigenvalue weighted by atomic mass is 16.4. The number of aromatic carboxylic acids is 1. The minimum absolute atomic E-state index is 0.186. The molecule has 1 aromatic heterocycles. The van der Waals surface area contributed by atoms with Crippen molar-refractivity contribution in [2.75, 3.05) is 0 Å².